The van der Waals surface area contributed by atoms with Crippen molar-refractivity contribution in [1.82, 2.24) is 19.9 Å². The van der Waals surface area contributed by atoms with Crippen LogP contribution in [0, 0.1) is 18.8 Å². The van der Waals surface area contributed by atoms with Crippen LogP contribution in [-0.4, -0.2) is 46.6 Å². The van der Waals surface area contributed by atoms with Gasteiger partial charge in [0.05, 0.1) is 17.6 Å². The number of nitrogens with zero attached hydrogens (tertiary/aromatic N) is 4. The number of fused-ring (bicyclic) bond motifs is 1. The van der Waals surface area contributed by atoms with E-state index < -0.39 is 10.0 Å². The molecule has 2 aromatic heterocycles. The van der Waals surface area contributed by atoms with E-state index in [2.05, 4.69) is 75.3 Å². The predicted octanol–water partition coefficient (Wildman–Crippen LogP) is 6.15. The number of anilines is 1. The van der Waals surface area contributed by atoms with Crippen molar-refractivity contribution in [2.24, 2.45) is 11.8 Å². The van der Waals surface area contributed by atoms with Crippen molar-refractivity contribution in [2.45, 2.75) is 50.7 Å². The lowest BCUT2D eigenvalue weighted by Crippen LogP contribution is -2.39. The second-order valence-corrected chi connectivity index (χ2v) is 13.7. The van der Waals surface area contributed by atoms with Gasteiger partial charge in [0.2, 0.25) is 0 Å². The Labute approximate surface area is 258 Å². The lowest BCUT2D eigenvalue weighted by molar-refractivity contribution is -0.122. The number of hydrogen-bond donors (Lipinski definition) is 1. The zero-order valence-corrected chi connectivity index (χ0v) is 25.8. The Balaban J connectivity index is 1.27. The summed E-state index contributed by atoms with van der Waals surface area (Å²) in [5.74, 6) is -0.160. The van der Waals surface area contributed by atoms with Gasteiger partial charge in [0.15, 0.2) is 17.2 Å². The lowest BCUT2D eigenvalue weighted by Gasteiger charge is -2.29. The number of H-pyrrole nitrogens is 1. The Morgan fingerprint density at radius 2 is 1.59 bits per heavy atom. The van der Waals surface area contributed by atoms with E-state index in [1.54, 1.807) is 30.5 Å². The second-order valence-electron chi connectivity index (χ2n) is 11.8. The highest BCUT2D eigenvalue weighted by Gasteiger charge is 2.40. The van der Waals surface area contributed by atoms with Crippen LogP contribution in [0.25, 0.3) is 11.2 Å². The van der Waals surface area contributed by atoms with Gasteiger partial charge in [0.1, 0.15) is 5.52 Å². The fraction of sp³-hybridized carbons (Fsp3) is 0.286. The van der Waals surface area contributed by atoms with Gasteiger partial charge in [-0.05, 0) is 60.6 Å². The Bertz CT molecular complexity index is 1800. The molecule has 1 aliphatic carbocycles. The normalized spacial score (nSPS) is 18.6. The molecule has 3 aromatic carbocycles. The molecule has 0 amide bonds. The second kappa shape index (κ2) is 12.7. The summed E-state index contributed by atoms with van der Waals surface area (Å²) in [6, 6.07) is 29.4. The average molecular weight is 608 g/mol. The topological polar surface area (TPSA) is 99.3 Å². The standard InChI is InChI=1S/C35H37N5O3S/c1-25-10-9-15-30(18-25)44(42,43)40(34-21-37-35-32(38-34)16-17-36-35)24-33(41)31-20-29(19-26(31)2)39(22-27-11-5-3-6-12-27)23-28-13-7-4-8-14-28/h3-18,21,26,29,31H,19-20,22-24H2,1-2H3,(H,36,37)/t26-,29+,31+/m1/s1. The van der Waals surface area contributed by atoms with Gasteiger partial charge in [-0.25, -0.2) is 22.7 Å². The van der Waals surface area contributed by atoms with E-state index in [-0.39, 0.29) is 40.9 Å². The third kappa shape index (κ3) is 6.44. The number of carbonyl (C=O) groups is 1. The molecule has 0 saturated heterocycles. The molecular formula is C35H37N5O3S. The molecule has 2 heterocycles. The molecule has 226 valence electrons. The maximum atomic E-state index is 14.1. The highest BCUT2D eigenvalue weighted by molar-refractivity contribution is 7.92. The number of benzene rings is 3. The van der Waals surface area contributed by atoms with Gasteiger partial charge in [-0.3, -0.25) is 9.69 Å². The van der Waals surface area contributed by atoms with Gasteiger partial charge >= 0.3 is 0 Å². The molecular weight excluding hydrogens is 570 g/mol. The van der Waals surface area contributed by atoms with Gasteiger partial charge in [-0.2, -0.15) is 0 Å². The van der Waals surface area contributed by atoms with Crippen molar-refractivity contribution >= 4 is 32.8 Å². The highest BCUT2D eigenvalue weighted by Crippen LogP contribution is 2.37. The number of carbonyl (C=O) groups excluding carboxylic acids is 1. The van der Waals surface area contributed by atoms with Crippen LogP contribution in [0.4, 0.5) is 5.82 Å². The van der Waals surface area contributed by atoms with E-state index in [1.165, 1.54) is 17.3 Å². The van der Waals surface area contributed by atoms with Gasteiger partial charge in [-0.15, -0.1) is 0 Å². The van der Waals surface area contributed by atoms with Crippen LogP contribution in [-0.2, 0) is 27.9 Å². The van der Waals surface area contributed by atoms with Crippen molar-refractivity contribution in [3.8, 4) is 0 Å². The summed E-state index contributed by atoms with van der Waals surface area (Å²) in [7, 11) is -4.09. The predicted molar refractivity (Wildman–Crippen MR) is 172 cm³/mol. The molecule has 0 bridgehead atoms. The van der Waals surface area contributed by atoms with Crippen molar-refractivity contribution in [2.75, 3.05) is 10.8 Å². The smallest absolute Gasteiger partial charge is 0.265 e. The first-order chi connectivity index (χ1) is 21.3. The van der Waals surface area contributed by atoms with E-state index in [1.807, 2.05) is 25.1 Å². The molecule has 1 fully saturated rings. The van der Waals surface area contributed by atoms with Crippen LogP contribution in [0.3, 0.4) is 0 Å². The lowest BCUT2D eigenvalue weighted by atomic mass is 9.93. The van der Waals surface area contributed by atoms with Crippen molar-refractivity contribution in [3.05, 3.63) is 120 Å². The van der Waals surface area contributed by atoms with Crippen molar-refractivity contribution < 1.29 is 13.2 Å². The SMILES string of the molecule is Cc1cccc(S(=O)(=O)N(CC(=O)[C@H]2C[C@@H](N(Cc3ccccc3)Cc3ccccc3)C[C@H]2C)c2cnc3[nH]ccc3n2)c1. The highest BCUT2D eigenvalue weighted by atomic mass is 32.2. The number of aryl methyl sites for hydroxylation is 1. The molecule has 8 nitrogen and oxygen atoms in total. The molecule has 44 heavy (non-hydrogen) atoms. The van der Waals surface area contributed by atoms with E-state index >= 15 is 0 Å². The average Bonchev–Trinajstić information content (AvgIpc) is 3.66. The fourth-order valence-corrected chi connectivity index (χ4v) is 7.77. The Hall–Kier alpha value is -4.34. The molecule has 1 aliphatic rings. The summed E-state index contributed by atoms with van der Waals surface area (Å²) in [4.78, 5) is 28.6. The molecule has 0 unspecified atom stereocenters. The van der Waals surface area contributed by atoms with Gasteiger partial charge in [-0.1, -0.05) is 79.7 Å². The first kappa shape index (κ1) is 29.7. The number of sulfonamides is 1. The van der Waals surface area contributed by atoms with E-state index in [4.69, 9.17) is 0 Å². The maximum absolute atomic E-state index is 14.1. The van der Waals surface area contributed by atoms with Crippen LogP contribution in [0.2, 0.25) is 0 Å². The fourth-order valence-electron chi connectivity index (χ4n) is 6.30. The number of rotatable bonds is 11. The summed E-state index contributed by atoms with van der Waals surface area (Å²) in [6.07, 6.45) is 4.65. The largest absolute Gasteiger partial charge is 0.345 e. The molecule has 1 saturated carbocycles. The molecule has 6 rings (SSSR count). The number of Topliss-reactive ketones (excluding diaryl/α,β-unsaturated/α-hetero) is 1. The molecule has 0 spiro atoms. The third-order valence-corrected chi connectivity index (χ3v) is 10.4. The first-order valence-corrected chi connectivity index (χ1v) is 16.5. The zero-order valence-electron chi connectivity index (χ0n) is 25.0. The monoisotopic (exact) mass is 607 g/mol. The molecule has 0 radical (unpaired) electrons. The Morgan fingerprint density at radius 3 is 2.25 bits per heavy atom. The van der Waals surface area contributed by atoms with Crippen LogP contribution < -0.4 is 4.31 Å². The zero-order chi connectivity index (χ0) is 30.7. The summed E-state index contributed by atoms with van der Waals surface area (Å²) >= 11 is 0. The van der Waals surface area contributed by atoms with Crippen molar-refractivity contribution in [3.63, 3.8) is 0 Å². The van der Waals surface area contributed by atoms with E-state index in [0.717, 1.165) is 29.4 Å². The number of ketones is 1. The maximum Gasteiger partial charge on any atom is 0.265 e. The minimum Gasteiger partial charge on any atom is -0.345 e. The molecule has 3 atom stereocenters. The van der Waals surface area contributed by atoms with Crippen LogP contribution >= 0.6 is 0 Å². The summed E-state index contributed by atoms with van der Waals surface area (Å²) in [6.45, 7) is 5.19. The van der Waals surface area contributed by atoms with Crippen LogP contribution in [0.15, 0.2) is 108 Å². The number of nitrogens with one attached hydrogen (secondary N) is 1. The number of aromatic nitrogens is 3. The minimum absolute atomic E-state index is 0.100. The Morgan fingerprint density at radius 1 is 0.909 bits per heavy atom. The third-order valence-electron chi connectivity index (χ3n) is 8.62. The molecule has 0 aliphatic heterocycles. The number of hydrogen-bond acceptors (Lipinski definition) is 6. The Kier molecular flexibility index (Phi) is 8.59. The van der Waals surface area contributed by atoms with Crippen LogP contribution in [0.5, 0.6) is 0 Å². The molecule has 9 heteroatoms. The minimum atomic E-state index is -4.09. The summed E-state index contributed by atoms with van der Waals surface area (Å²) < 4.78 is 29.3. The van der Waals surface area contributed by atoms with E-state index in [0.29, 0.717) is 17.6 Å². The van der Waals surface area contributed by atoms with E-state index in [9.17, 15) is 13.2 Å². The number of aromatic amines is 1. The summed E-state index contributed by atoms with van der Waals surface area (Å²) in [5.41, 5.74) is 4.34. The van der Waals surface area contributed by atoms with Crippen LogP contribution in [0.1, 0.15) is 36.5 Å². The van der Waals surface area contributed by atoms with Gasteiger partial charge in [0, 0.05) is 31.2 Å². The summed E-state index contributed by atoms with van der Waals surface area (Å²) in [5, 5.41) is 0. The first-order valence-electron chi connectivity index (χ1n) is 15.0. The van der Waals surface area contributed by atoms with Crippen molar-refractivity contribution in [1.29, 1.82) is 0 Å². The van der Waals surface area contributed by atoms with Gasteiger partial charge < -0.3 is 4.98 Å². The molecule has 5 aromatic rings. The molecule has 1 N–H and O–H groups in total. The quantitative estimate of drug-likeness (QED) is 0.193. The van der Waals surface area contributed by atoms with Gasteiger partial charge in [0.25, 0.3) is 10.0 Å².